The fourth-order valence-electron chi connectivity index (χ4n) is 8.96. The van der Waals surface area contributed by atoms with E-state index >= 15 is 0 Å². The van der Waals surface area contributed by atoms with E-state index in [0.717, 1.165) is 62.2 Å². The number of hydrogen-bond acceptors (Lipinski definition) is 10. The summed E-state index contributed by atoms with van der Waals surface area (Å²) in [5, 5.41) is 24.7. The van der Waals surface area contributed by atoms with E-state index in [0.29, 0.717) is 85.9 Å². The number of amides is 1. The van der Waals surface area contributed by atoms with Gasteiger partial charge in [0.05, 0.1) is 23.6 Å². The molecule has 0 saturated carbocycles. The van der Waals surface area contributed by atoms with Gasteiger partial charge < -0.3 is 39.6 Å². The Bertz CT molecular complexity index is 2300. The number of nitrogens with zero attached hydrogens (tertiary/aromatic N) is 2. The molecule has 4 fully saturated rings. The number of fused-ring (bicyclic) bond motifs is 4. The minimum Gasteiger partial charge on any atom is -0.506 e. The number of carbonyl (C=O) groups excluding carboxylic acids is 2. The van der Waals surface area contributed by atoms with Gasteiger partial charge in [0, 0.05) is 43.2 Å². The highest BCUT2D eigenvalue weighted by Crippen LogP contribution is 2.40. The molecule has 0 aliphatic carbocycles. The number of hydrogen-bond donors (Lipinski definition) is 4. The maximum absolute atomic E-state index is 14.0. The molecule has 4 aliphatic heterocycles. The predicted molar refractivity (Wildman–Crippen MR) is 228 cm³/mol. The smallest absolute Gasteiger partial charge is 0.317 e. The number of rotatable bonds is 16. The number of aliphatic hydroxyl groups is 1. The van der Waals surface area contributed by atoms with Crippen LogP contribution in [0.1, 0.15) is 71.7 Å². The Morgan fingerprint density at radius 2 is 1.63 bits per heavy atom. The number of aromatic hydroxyl groups is 1. The highest BCUT2D eigenvalue weighted by atomic mass is 16.5. The van der Waals surface area contributed by atoms with Gasteiger partial charge >= 0.3 is 5.97 Å². The summed E-state index contributed by atoms with van der Waals surface area (Å²) in [6.45, 7) is 5.81. The second-order valence-electron chi connectivity index (χ2n) is 16.3. The van der Waals surface area contributed by atoms with Crippen molar-refractivity contribution in [1.29, 1.82) is 0 Å². The largest absolute Gasteiger partial charge is 0.506 e. The summed E-state index contributed by atoms with van der Waals surface area (Å²) in [5.74, 6) is 1.59. The molecule has 9 rings (SSSR count). The number of likely N-dealkylation sites (tertiary alicyclic amines) is 1. The van der Waals surface area contributed by atoms with Crippen molar-refractivity contribution in [1.82, 2.24) is 20.1 Å². The fourth-order valence-corrected chi connectivity index (χ4v) is 8.96. The lowest BCUT2D eigenvalue weighted by Gasteiger charge is -2.46. The zero-order chi connectivity index (χ0) is 41.5. The number of nitrogens with one attached hydrogen (secondary N) is 2. The molecule has 60 heavy (non-hydrogen) atoms. The van der Waals surface area contributed by atoms with Crippen LogP contribution in [0.25, 0.3) is 10.9 Å². The number of pyridine rings is 1. The molecule has 1 aromatic heterocycles. The van der Waals surface area contributed by atoms with E-state index in [-0.39, 0.29) is 29.3 Å². The SMILES string of the molecule is O=C(c1ccc(OCc2cccc(OCCCCNC[C@H](O)c3ccc(O)c4[nH]c(=O)ccc34)c2)cc1)N1CCC(C(=O)O[C@H]2CN3CCC2CC3)(c2ccccc2)CC1. The Morgan fingerprint density at radius 3 is 2.38 bits per heavy atom. The number of carbonyl (C=O) groups is 2. The summed E-state index contributed by atoms with van der Waals surface area (Å²) in [4.78, 5) is 46.3. The molecule has 2 atom stereocenters. The van der Waals surface area contributed by atoms with Crippen LogP contribution in [-0.4, -0.2) is 95.4 Å². The molecule has 5 aromatic rings. The molecule has 12 heteroatoms. The van der Waals surface area contributed by atoms with Gasteiger partial charge in [0.1, 0.15) is 30.0 Å². The van der Waals surface area contributed by atoms with Gasteiger partial charge in [-0.05, 0) is 129 Å². The number of ether oxygens (including phenoxy) is 3. The zero-order valence-corrected chi connectivity index (χ0v) is 33.9. The highest BCUT2D eigenvalue weighted by Gasteiger charge is 2.47. The third-order valence-electron chi connectivity index (χ3n) is 12.5. The van der Waals surface area contributed by atoms with Crippen LogP contribution in [0.15, 0.2) is 108 Å². The van der Waals surface area contributed by atoms with Crippen LogP contribution in [0.2, 0.25) is 0 Å². The van der Waals surface area contributed by atoms with Gasteiger partial charge in [-0.25, -0.2) is 0 Å². The average molecular weight is 815 g/mol. The normalized spacial score (nSPS) is 20.1. The summed E-state index contributed by atoms with van der Waals surface area (Å²) in [6, 6.07) is 31.1. The number of H-pyrrole nitrogens is 1. The van der Waals surface area contributed by atoms with Crippen molar-refractivity contribution >= 4 is 22.8 Å². The molecule has 0 spiro atoms. The number of esters is 1. The predicted octanol–water partition coefficient (Wildman–Crippen LogP) is 6.11. The van der Waals surface area contributed by atoms with Crippen LogP contribution < -0.4 is 20.3 Å². The molecule has 0 radical (unpaired) electrons. The minimum atomic E-state index is -0.804. The van der Waals surface area contributed by atoms with Crippen molar-refractivity contribution in [3.8, 4) is 17.2 Å². The van der Waals surface area contributed by atoms with Crippen LogP contribution in [0.5, 0.6) is 17.2 Å². The lowest BCUT2D eigenvalue weighted by Crippen LogP contribution is -2.55. The first-order valence-corrected chi connectivity index (χ1v) is 21.2. The lowest BCUT2D eigenvalue weighted by atomic mass is 9.72. The van der Waals surface area contributed by atoms with Crippen LogP contribution in [0, 0.1) is 5.92 Å². The molecular weight excluding hydrogens is 761 g/mol. The minimum absolute atomic E-state index is 0.0358. The Hall–Kier alpha value is -5.69. The summed E-state index contributed by atoms with van der Waals surface area (Å²) in [7, 11) is 0. The quantitative estimate of drug-likeness (QED) is 0.0679. The van der Waals surface area contributed by atoms with Crippen molar-refractivity contribution in [3.05, 3.63) is 136 Å². The van der Waals surface area contributed by atoms with E-state index < -0.39 is 11.5 Å². The number of phenolic OH excluding ortho intramolecular Hbond substituents is 1. The first kappa shape index (κ1) is 41.1. The maximum Gasteiger partial charge on any atom is 0.317 e. The van der Waals surface area contributed by atoms with Crippen molar-refractivity contribution in [2.75, 3.05) is 52.4 Å². The number of benzene rings is 4. The van der Waals surface area contributed by atoms with Crippen molar-refractivity contribution in [2.24, 2.45) is 5.92 Å². The summed E-state index contributed by atoms with van der Waals surface area (Å²) in [5.41, 5.74) is 2.36. The van der Waals surface area contributed by atoms with E-state index in [9.17, 15) is 24.6 Å². The molecule has 5 heterocycles. The number of aromatic amines is 1. The topological polar surface area (TPSA) is 154 Å². The van der Waals surface area contributed by atoms with E-state index in [1.165, 1.54) is 12.1 Å². The van der Waals surface area contributed by atoms with Crippen molar-refractivity contribution < 1.29 is 34.0 Å². The number of aromatic nitrogens is 1. The van der Waals surface area contributed by atoms with Gasteiger partial charge in [-0.1, -0.05) is 48.5 Å². The average Bonchev–Trinajstić information content (AvgIpc) is 3.29. The summed E-state index contributed by atoms with van der Waals surface area (Å²) >= 11 is 0. The number of unbranched alkanes of at least 4 members (excludes halogenated alkanes) is 1. The molecule has 1 amide bonds. The number of phenols is 1. The second kappa shape index (κ2) is 18.7. The molecule has 4 aromatic carbocycles. The first-order chi connectivity index (χ1) is 29.3. The van der Waals surface area contributed by atoms with Gasteiger partial charge in [0.2, 0.25) is 5.56 Å². The molecule has 2 bridgehead atoms. The maximum atomic E-state index is 14.0. The first-order valence-electron chi connectivity index (χ1n) is 21.2. The Morgan fingerprint density at radius 1 is 0.850 bits per heavy atom. The Labute approximate surface area is 350 Å². The van der Waals surface area contributed by atoms with E-state index in [1.807, 2.05) is 71.6 Å². The second-order valence-corrected chi connectivity index (χ2v) is 16.3. The third-order valence-corrected chi connectivity index (χ3v) is 12.5. The van der Waals surface area contributed by atoms with Gasteiger partial charge in [0.25, 0.3) is 5.91 Å². The number of aliphatic hydroxyl groups excluding tert-OH is 1. The van der Waals surface area contributed by atoms with Gasteiger partial charge in [-0.2, -0.15) is 0 Å². The van der Waals surface area contributed by atoms with Crippen LogP contribution in [0.4, 0.5) is 0 Å². The molecule has 12 nitrogen and oxygen atoms in total. The molecular formula is C48H54N4O8. The van der Waals surface area contributed by atoms with Crippen molar-refractivity contribution in [2.45, 2.75) is 62.8 Å². The van der Waals surface area contributed by atoms with Gasteiger partial charge in [0.15, 0.2) is 0 Å². The molecule has 4 N–H and O–H groups in total. The van der Waals surface area contributed by atoms with Gasteiger partial charge in [-0.15, -0.1) is 0 Å². The summed E-state index contributed by atoms with van der Waals surface area (Å²) in [6.07, 6.45) is 3.99. The number of piperidine rings is 4. The zero-order valence-electron chi connectivity index (χ0n) is 33.9. The summed E-state index contributed by atoms with van der Waals surface area (Å²) < 4.78 is 18.4. The van der Waals surface area contributed by atoms with Crippen LogP contribution in [0.3, 0.4) is 0 Å². The van der Waals surface area contributed by atoms with E-state index in [1.54, 1.807) is 24.3 Å². The molecule has 314 valence electrons. The highest BCUT2D eigenvalue weighted by molar-refractivity contribution is 5.95. The Kier molecular flexibility index (Phi) is 12.8. The standard InChI is InChI=1S/C48H54N4O8/c53-41-17-15-39(40-16-18-44(55)50-45(40)41)42(54)30-49-23-4-5-28-58-38-10-6-7-33(29-38)32-59-37-13-11-35(12-14-37)46(56)52-26-21-48(22-27-52,36-8-2-1-3-9-36)47(57)60-43-31-51-24-19-34(43)20-25-51/h1-3,6-18,29,34,42-43,49,53-54H,4-5,19-28,30-32H2,(H,50,55)/t42-,43-/m0/s1. The van der Waals surface area contributed by atoms with Crippen LogP contribution >= 0.6 is 0 Å². The molecule has 4 saturated heterocycles. The fraction of sp³-hybridized carbons (Fsp3) is 0.396. The van der Waals surface area contributed by atoms with E-state index in [2.05, 4.69) is 15.2 Å². The molecule has 4 aliphatic rings. The lowest BCUT2D eigenvalue weighted by molar-refractivity contribution is -0.167. The van der Waals surface area contributed by atoms with E-state index in [4.69, 9.17) is 14.2 Å². The van der Waals surface area contributed by atoms with Crippen molar-refractivity contribution in [3.63, 3.8) is 0 Å². The van der Waals surface area contributed by atoms with Crippen LogP contribution in [-0.2, 0) is 21.6 Å². The van der Waals surface area contributed by atoms with Gasteiger partial charge in [-0.3, -0.25) is 19.3 Å². The Balaban J connectivity index is 0.764. The monoisotopic (exact) mass is 814 g/mol. The molecule has 0 unspecified atom stereocenters. The third kappa shape index (κ3) is 9.36.